The molecular formula is C19H25NO2. The van der Waals surface area contributed by atoms with Gasteiger partial charge in [-0.05, 0) is 37.3 Å². The zero-order valence-electron chi connectivity index (χ0n) is 13.8. The van der Waals surface area contributed by atoms with Gasteiger partial charge in [0.2, 0.25) is 5.91 Å². The van der Waals surface area contributed by atoms with E-state index in [4.69, 9.17) is 0 Å². The fourth-order valence-corrected chi connectivity index (χ4v) is 4.32. The maximum Gasteiger partial charge on any atom is 0.260 e. The van der Waals surface area contributed by atoms with Crippen LogP contribution in [0.3, 0.4) is 0 Å². The number of carbonyl (C=O) groups is 2. The number of benzene rings is 1. The standard InChI is InChI=1S/C19H25NO2/c1-13-8-7-11-15-16(13)17(21)20(3)18(22)19(15,2)12-14-9-5-4-6-10-14/h7-8,11,14H,4-6,9-10,12H2,1-3H3. The second-order valence-electron chi connectivity index (χ2n) is 7.21. The molecule has 118 valence electrons. The lowest BCUT2D eigenvalue weighted by atomic mass is 9.67. The molecule has 0 aromatic heterocycles. The zero-order valence-corrected chi connectivity index (χ0v) is 13.8. The van der Waals surface area contributed by atoms with Crippen molar-refractivity contribution in [3.8, 4) is 0 Å². The number of fused-ring (bicyclic) bond motifs is 1. The molecule has 1 fully saturated rings. The Hall–Kier alpha value is -1.64. The maximum absolute atomic E-state index is 12.9. The minimum Gasteiger partial charge on any atom is -0.281 e. The summed E-state index contributed by atoms with van der Waals surface area (Å²) in [6.07, 6.45) is 7.13. The summed E-state index contributed by atoms with van der Waals surface area (Å²) < 4.78 is 0. The van der Waals surface area contributed by atoms with Gasteiger partial charge in [-0.25, -0.2) is 0 Å². The molecule has 1 unspecified atom stereocenters. The van der Waals surface area contributed by atoms with E-state index in [1.165, 1.54) is 37.0 Å². The van der Waals surface area contributed by atoms with E-state index < -0.39 is 5.41 Å². The summed E-state index contributed by atoms with van der Waals surface area (Å²) >= 11 is 0. The molecule has 1 saturated carbocycles. The number of amides is 2. The number of likely N-dealkylation sites (N-methyl/N-ethyl adjacent to an activating group) is 1. The molecule has 1 heterocycles. The van der Waals surface area contributed by atoms with E-state index in [-0.39, 0.29) is 11.8 Å². The van der Waals surface area contributed by atoms with Crippen molar-refractivity contribution >= 4 is 11.8 Å². The fourth-order valence-electron chi connectivity index (χ4n) is 4.32. The first-order valence-corrected chi connectivity index (χ1v) is 8.37. The summed E-state index contributed by atoms with van der Waals surface area (Å²) in [7, 11) is 1.62. The van der Waals surface area contributed by atoms with Gasteiger partial charge in [0.05, 0.1) is 5.41 Å². The van der Waals surface area contributed by atoms with E-state index in [1.807, 2.05) is 32.0 Å². The number of carbonyl (C=O) groups excluding carboxylic acids is 2. The van der Waals surface area contributed by atoms with E-state index >= 15 is 0 Å². The quantitative estimate of drug-likeness (QED) is 0.778. The smallest absolute Gasteiger partial charge is 0.260 e. The monoisotopic (exact) mass is 299 g/mol. The van der Waals surface area contributed by atoms with E-state index in [0.717, 1.165) is 23.1 Å². The summed E-state index contributed by atoms with van der Waals surface area (Å²) in [6.45, 7) is 3.99. The van der Waals surface area contributed by atoms with Gasteiger partial charge in [-0.2, -0.15) is 0 Å². The van der Waals surface area contributed by atoms with Crippen LogP contribution in [-0.2, 0) is 10.2 Å². The van der Waals surface area contributed by atoms with Gasteiger partial charge in [0.1, 0.15) is 0 Å². The summed E-state index contributed by atoms with van der Waals surface area (Å²) in [6, 6.07) is 5.91. The van der Waals surface area contributed by atoms with Crippen LogP contribution in [0.1, 0.15) is 66.9 Å². The Labute approximate surface area is 132 Å². The molecule has 2 amide bonds. The Kier molecular flexibility index (Phi) is 3.84. The molecular weight excluding hydrogens is 274 g/mol. The van der Waals surface area contributed by atoms with E-state index in [1.54, 1.807) is 7.05 Å². The Balaban J connectivity index is 2.05. The first kappa shape index (κ1) is 15.3. The molecule has 1 aromatic rings. The second kappa shape index (κ2) is 5.53. The molecule has 0 saturated heterocycles. The van der Waals surface area contributed by atoms with Crippen molar-refractivity contribution in [3.63, 3.8) is 0 Å². The van der Waals surface area contributed by atoms with E-state index in [2.05, 4.69) is 0 Å². The summed E-state index contributed by atoms with van der Waals surface area (Å²) in [5.74, 6) is 0.401. The predicted molar refractivity (Wildman–Crippen MR) is 86.8 cm³/mol. The molecule has 22 heavy (non-hydrogen) atoms. The second-order valence-corrected chi connectivity index (χ2v) is 7.21. The highest BCUT2D eigenvalue weighted by atomic mass is 16.2. The average molecular weight is 299 g/mol. The molecule has 1 aliphatic carbocycles. The number of hydrogen-bond acceptors (Lipinski definition) is 2. The number of hydrogen-bond donors (Lipinski definition) is 0. The minimum absolute atomic E-state index is 0.0406. The lowest BCUT2D eigenvalue weighted by Gasteiger charge is -2.41. The predicted octanol–water partition coefficient (Wildman–Crippen LogP) is 3.84. The van der Waals surface area contributed by atoms with Crippen molar-refractivity contribution < 1.29 is 9.59 Å². The number of nitrogens with zero attached hydrogens (tertiary/aromatic N) is 1. The highest BCUT2D eigenvalue weighted by Gasteiger charge is 2.47. The van der Waals surface area contributed by atoms with Crippen LogP contribution in [0.5, 0.6) is 0 Å². The molecule has 0 N–H and O–H groups in total. The lowest BCUT2D eigenvalue weighted by Crippen LogP contribution is -2.52. The molecule has 0 radical (unpaired) electrons. The van der Waals surface area contributed by atoms with Crippen LogP contribution in [-0.4, -0.2) is 23.8 Å². The lowest BCUT2D eigenvalue weighted by molar-refractivity contribution is -0.134. The Bertz CT molecular complexity index is 616. The molecule has 3 nitrogen and oxygen atoms in total. The minimum atomic E-state index is -0.563. The van der Waals surface area contributed by atoms with Crippen LogP contribution in [0.15, 0.2) is 18.2 Å². The SMILES string of the molecule is Cc1cccc2c1C(=O)N(C)C(=O)C2(C)CC1CCCCC1. The normalized spacial score (nSPS) is 26.2. The van der Waals surface area contributed by atoms with Gasteiger partial charge >= 0.3 is 0 Å². The van der Waals surface area contributed by atoms with Crippen molar-refractivity contribution in [3.05, 3.63) is 34.9 Å². The number of rotatable bonds is 2. The van der Waals surface area contributed by atoms with Crippen LogP contribution >= 0.6 is 0 Å². The third-order valence-electron chi connectivity index (χ3n) is 5.58. The maximum atomic E-state index is 12.9. The van der Waals surface area contributed by atoms with Gasteiger partial charge in [0.15, 0.2) is 0 Å². The molecule has 3 heteroatoms. The third-order valence-corrected chi connectivity index (χ3v) is 5.58. The van der Waals surface area contributed by atoms with Gasteiger partial charge in [-0.1, -0.05) is 50.3 Å². The van der Waals surface area contributed by atoms with Crippen LogP contribution in [0.25, 0.3) is 0 Å². The van der Waals surface area contributed by atoms with Crippen molar-refractivity contribution in [2.45, 2.75) is 57.8 Å². The van der Waals surface area contributed by atoms with Gasteiger partial charge in [-0.15, -0.1) is 0 Å². The Morgan fingerprint density at radius 2 is 1.86 bits per heavy atom. The van der Waals surface area contributed by atoms with Crippen LogP contribution in [0, 0.1) is 12.8 Å². The van der Waals surface area contributed by atoms with Crippen molar-refractivity contribution in [2.75, 3.05) is 7.05 Å². The van der Waals surface area contributed by atoms with Crippen LogP contribution in [0.2, 0.25) is 0 Å². The van der Waals surface area contributed by atoms with Gasteiger partial charge in [-0.3, -0.25) is 14.5 Å². The van der Waals surface area contributed by atoms with Crippen LogP contribution in [0.4, 0.5) is 0 Å². The highest BCUT2D eigenvalue weighted by molar-refractivity contribution is 6.13. The molecule has 0 bridgehead atoms. The molecule has 2 aliphatic rings. The largest absolute Gasteiger partial charge is 0.281 e. The molecule has 1 aliphatic heterocycles. The Morgan fingerprint density at radius 1 is 1.18 bits per heavy atom. The molecule has 3 rings (SSSR count). The average Bonchev–Trinajstić information content (AvgIpc) is 2.52. The number of aryl methyl sites for hydroxylation is 1. The highest BCUT2D eigenvalue weighted by Crippen LogP contribution is 2.42. The number of imide groups is 1. The van der Waals surface area contributed by atoms with Crippen molar-refractivity contribution in [1.82, 2.24) is 4.90 Å². The zero-order chi connectivity index (χ0) is 15.9. The fraction of sp³-hybridized carbons (Fsp3) is 0.579. The van der Waals surface area contributed by atoms with E-state index in [0.29, 0.717) is 5.92 Å². The van der Waals surface area contributed by atoms with Crippen molar-refractivity contribution in [2.24, 2.45) is 5.92 Å². The van der Waals surface area contributed by atoms with Gasteiger partial charge in [0, 0.05) is 12.6 Å². The summed E-state index contributed by atoms with van der Waals surface area (Å²) in [5, 5.41) is 0. The Morgan fingerprint density at radius 3 is 2.55 bits per heavy atom. The molecule has 1 atom stereocenters. The van der Waals surface area contributed by atoms with E-state index in [9.17, 15) is 9.59 Å². The van der Waals surface area contributed by atoms with Gasteiger partial charge in [0.25, 0.3) is 5.91 Å². The summed E-state index contributed by atoms with van der Waals surface area (Å²) in [4.78, 5) is 26.8. The van der Waals surface area contributed by atoms with Gasteiger partial charge < -0.3 is 0 Å². The molecule has 0 spiro atoms. The van der Waals surface area contributed by atoms with Crippen LogP contribution < -0.4 is 0 Å². The first-order valence-electron chi connectivity index (χ1n) is 8.37. The first-order chi connectivity index (χ1) is 10.4. The topological polar surface area (TPSA) is 37.4 Å². The molecule has 1 aromatic carbocycles. The summed E-state index contributed by atoms with van der Waals surface area (Å²) in [5.41, 5.74) is 2.08. The van der Waals surface area contributed by atoms with Crippen molar-refractivity contribution in [1.29, 1.82) is 0 Å². The third kappa shape index (κ3) is 2.27.